The van der Waals surface area contributed by atoms with Gasteiger partial charge in [0.2, 0.25) is 21.7 Å². The molecular formula is C13H18Cl2N2O5S. The van der Waals surface area contributed by atoms with Gasteiger partial charge in [0.15, 0.2) is 0 Å². The Morgan fingerprint density at radius 1 is 1.26 bits per heavy atom. The maximum Gasteiger partial charge on any atom is 0.235 e. The highest BCUT2D eigenvalue weighted by molar-refractivity contribution is 7.88. The van der Waals surface area contributed by atoms with Crippen molar-refractivity contribution in [3.05, 3.63) is 33.8 Å². The summed E-state index contributed by atoms with van der Waals surface area (Å²) in [4.78, 5) is 11.7. The van der Waals surface area contributed by atoms with Crippen molar-refractivity contribution in [2.24, 2.45) is 0 Å². The number of amides is 1. The maximum absolute atomic E-state index is 11.7. The summed E-state index contributed by atoms with van der Waals surface area (Å²) >= 11 is 12.0. The maximum atomic E-state index is 11.7. The van der Waals surface area contributed by atoms with Crippen LogP contribution in [0.15, 0.2) is 18.2 Å². The van der Waals surface area contributed by atoms with E-state index in [-0.39, 0.29) is 6.54 Å². The molecule has 0 saturated carbocycles. The molecule has 130 valence electrons. The highest BCUT2D eigenvalue weighted by Crippen LogP contribution is 2.33. The summed E-state index contributed by atoms with van der Waals surface area (Å²) in [6.45, 7) is -0.470. The summed E-state index contributed by atoms with van der Waals surface area (Å²) < 4.78 is 34.8. The largest absolute Gasteiger partial charge is 0.349 e. The number of sulfonamides is 1. The summed E-state index contributed by atoms with van der Waals surface area (Å²) in [5, 5.41) is 3.29. The summed E-state index contributed by atoms with van der Waals surface area (Å²) in [5.41, 5.74) is 0.477. The summed E-state index contributed by atoms with van der Waals surface area (Å²) in [5.74, 6) is -1.87. The van der Waals surface area contributed by atoms with Crippen LogP contribution in [-0.2, 0) is 30.1 Å². The molecule has 0 heterocycles. The van der Waals surface area contributed by atoms with Crippen molar-refractivity contribution in [1.29, 1.82) is 0 Å². The molecule has 0 saturated heterocycles. The van der Waals surface area contributed by atoms with Crippen molar-refractivity contribution in [3.63, 3.8) is 0 Å². The highest BCUT2D eigenvalue weighted by atomic mass is 35.5. The third-order valence-electron chi connectivity index (χ3n) is 3.01. The Labute approximate surface area is 145 Å². The molecule has 2 N–H and O–H groups in total. The lowest BCUT2D eigenvalue weighted by Gasteiger charge is -2.32. The van der Waals surface area contributed by atoms with Gasteiger partial charge in [0.25, 0.3) is 0 Å². The van der Waals surface area contributed by atoms with E-state index in [4.69, 9.17) is 32.7 Å². The van der Waals surface area contributed by atoms with E-state index in [1.54, 1.807) is 12.1 Å². The average molecular weight is 385 g/mol. The van der Waals surface area contributed by atoms with Gasteiger partial charge in [-0.15, -0.1) is 0 Å². The van der Waals surface area contributed by atoms with Crippen LogP contribution in [0.2, 0.25) is 10.0 Å². The quantitative estimate of drug-likeness (QED) is 0.654. The average Bonchev–Trinajstić information content (AvgIpc) is 2.47. The Balaban J connectivity index is 2.87. The van der Waals surface area contributed by atoms with Gasteiger partial charge in [-0.1, -0.05) is 29.3 Å². The molecule has 0 aliphatic rings. The first-order chi connectivity index (χ1) is 10.6. The standard InChI is InChI=1S/C13H18Cl2N2O5S/c1-21-13(22-2,10-5-4-9(14)6-11(10)15)8-16-12(18)7-17-23(3,19)20/h4-6,17H,7-8H2,1-3H3,(H,16,18). The third-order valence-corrected chi connectivity index (χ3v) is 4.23. The van der Waals surface area contributed by atoms with Gasteiger partial charge in [-0.05, 0) is 12.1 Å². The van der Waals surface area contributed by atoms with Crippen LogP contribution in [0.5, 0.6) is 0 Å². The normalized spacial score (nSPS) is 12.2. The number of rotatable bonds is 8. The van der Waals surface area contributed by atoms with E-state index in [1.165, 1.54) is 20.3 Å². The first kappa shape index (κ1) is 20.1. The zero-order chi connectivity index (χ0) is 17.7. The molecule has 0 aliphatic heterocycles. The fraction of sp³-hybridized carbons (Fsp3) is 0.462. The monoisotopic (exact) mass is 384 g/mol. The van der Waals surface area contributed by atoms with Gasteiger partial charge in [0.1, 0.15) is 0 Å². The number of halogens is 2. The zero-order valence-corrected chi connectivity index (χ0v) is 15.2. The molecule has 23 heavy (non-hydrogen) atoms. The van der Waals surface area contributed by atoms with Crippen LogP contribution in [0.25, 0.3) is 0 Å². The summed E-state index contributed by atoms with van der Waals surface area (Å²) in [7, 11) is -0.661. The second kappa shape index (κ2) is 8.27. The van der Waals surface area contributed by atoms with Gasteiger partial charge in [0, 0.05) is 24.8 Å². The Bertz CT molecular complexity index is 662. The topological polar surface area (TPSA) is 93.7 Å². The molecule has 1 aromatic rings. The Morgan fingerprint density at radius 3 is 2.35 bits per heavy atom. The zero-order valence-electron chi connectivity index (χ0n) is 12.9. The van der Waals surface area contributed by atoms with Gasteiger partial charge < -0.3 is 14.8 Å². The Hall–Kier alpha value is -0.900. The Morgan fingerprint density at radius 2 is 1.87 bits per heavy atom. The summed E-state index contributed by atoms with van der Waals surface area (Å²) in [6, 6.07) is 4.76. The highest BCUT2D eigenvalue weighted by Gasteiger charge is 2.35. The van der Waals surface area contributed by atoms with E-state index in [1.807, 2.05) is 0 Å². The van der Waals surface area contributed by atoms with Gasteiger partial charge in [-0.25, -0.2) is 13.1 Å². The Kier molecular flexibility index (Phi) is 7.25. The van der Waals surface area contributed by atoms with Gasteiger partial charge >= 0.3 is 0 Å². The van der Waals surface area contributed by atoms with Crippen LogP contribution >= 0.6 is 23.2 Å². The number of hydrogen-bond donors (Lipinski definition) is 2. The van der Waals surface area contributed by atoms with Crippen molar-refractivity contribution in [2.75, 3.05) is 33.6 Å². The number of benzene rings is 1. The second-order valence-corrected chi connectivity index (χ2v) is 7.33. The van der Waals surface area contributed by atoms with Gasteiger partial charge in [0.05, 0.1) is 24.4 Å². The molecule has 0 radical (unpaired) electrons. The number of hydrogen-bond acceptors (Lipinski definition) is 5. The smallest absolute Gasteiger partial charge is 0.235 e. The van der Waals surface area contributed by atoms with Crippen LogP contribution < -0.4 is 10.0 Å². The number of nitrogens with one attached hydrogen (secondary N) is 2. The minimum atomic E-state index is -3.46. The first-order valence-electron chi connectivity index (χ1n) is 6.40. The molecule has 10 heteroatoms. The molecule has 0 unspecified atom stereocenters. The van der Waals surface area contributed by atoms with E-state index in [2.05, 4.69) is 10.0 Å². The van der Waals surface area contributed by atoms with Gasteiger partial charge in [-0.2, -0.15) is 0 Å². The van der Waals surface area contributed by atoms with Crippen LogP contribution in [0, 0.1) is 0 Å². The first-order valence-corrected chi connectivity index (χ1v) is 9.05. The van der Waals surface area contributed by atoms with Crippen molar-refractivity contribution in [1.82, 2.24) is 10.0 Å². The SMILES string of the molecule is COC(CNC(=O)CNS(C)(=O)=O)(OC)c1ccc(Cl)cc1Cl. The molecule has 0 bridgehead atoms. The van der Waals surface area contributed by atoms with Crippen molar-refractivity contribution < 1.29 is 22.7 Å². The molecular weight excluding hydrogens is 367 g/mol. The molecule has 0 spiro atoms. The van der Waals surface area contributed by atoms with Crippen LogP contribution in [0.3, 0.4) is 0 Å². The molecule has 1 rings (SSSR count). The van der Waals surface area contributed by atoms with Crippen LogP contribution in [-0.4, -0.2) is 47.9 Å². The van der Waals surface area contributed by atoms with E-state index in [9.17, 15) is 13.2 Å². The van der Waals surface area contributed by atoms with E-state index in [0.717, 1.165) is 6.26 Å². The van der Waals surface area contributed by atoms with E-state index >= 15 is 0 Å². The van der Waals surface area contributed by atoms with Crippen molar-refractivity contribution in [3.8, 4) is 0 Å². The summed E-state index contributed by atoms with van der Waals surface area (Å²) in [6.07, 6.45) is 0.961. The minimum absolute atomic E-state index is 0.0778. The lowest BCUT2D eigenvalue weighted by molar-refractivity contribution is -0.212. The van der Waals surface area contributed by atoms with Gasteiger partial charge in [-0.3, -0.25) is 4.79 Å². The number of carbonyl (C=O) groups is 1. The van der Waals surface area contributed by atoms with E-state index < -0.39 is 28.3 Å². The van der Waals surface area contributed by atoms with E-state index in [0.29, 0.717) is 15.6 Å². The molecule has 7 nitrogen and oxygen atoms in total. The predicted octanol–water partition coefficient (Wildman–Crippen LogP) is 1.10. The second-order valence-electron chi connectivity index (χ2n) is 4.66. The molecule has 0 aromatic heterocycles. The third kappa shape index (κ3) is 5.91. The van der Waals surface area contributed by atoms with Crippen LogP contribution in [0.4, 0.5) is 0 Å². The minimum Gasteiger partial charge on any atom is -0.349 e. The number of ether oxygens (including phenoxy) is 2. The lowest BCUT2D eigenvalue weighted by atomic mass is 10.1. The lowest BCUT2D eigenvalue weighted by Crippen LogP contribution is -2.46. The molecule has 0 aliphatic carbocycles. The van der Waals surface area contributed by atoms with Crippen molar-refractivity contribution in [2.45, 2.75) is 5.79 Å². The molecule has 1 amide bonds. The van der Waals surface area contributed by atoms with Crippen LogP contribution in [0.1, 0.15) is 5.56 Å². The molecule has 0 fully saturated rings. The molecule has 1 aromatic carbocycles. The fourth-order valence-corrected chi connectivity index (χ4v) is 2.76. The fourth-order valence-electron chi connectivity index (χ4n) is 1.82. The number of methoxy groups -OCH3 is 2. The van der Waals surface area contributed by atoms with Crippen molar-refractivity contribution >= 4 is 39.1 Å². The molecule has 0 atom stereocenters. The number of carbonyl (C=O) groups excluding carboxylic acids is 1. The predicted molar refractivity (Wildman–Crippen MR) is 88.0 cm³/mol.